The van der Waals surface area contributed by atoms with E-state index in [0.717, 1.165) is 168 Å². The summed E-state index contributed by atoms with van der Waals surface area (Å²) >= 11 is 0. The summed E-state index contributed by atoms with van der Waals surface area (Å²) in [5, 5.41) is 37.4. The van der Waals surface area contributed by atoms with Crippen molar-refractivity contribution in [3.63, 3.8) is 0 Å². The van der Waals surface area contributed by atoms with Crippen molar-refractivity contribution in [3.05, 3.63) is 180 Å². The van der Waals surface area contributed by atoms with Gasteiger partial charge in [0.15, 0.2) is 0 Å². The molecule has 0 bridgehead atoms. The number of rotatable bonds is 24. The van der Waals surface area contributed by atoms with Crippen LogP contribution in [0.2, 0.25) is 0 Å². The molecule has 11 heterocycles. The number of carbonyl (C=O) groups excluding carboxylic acids is 4. The topological polar surface area (TPSA) is 276 Å². The number of likely N-dealkylation sites (tertiary alicyclic amines) is 2. The molecule has 0 unspecified atom stereocenters. The molecule has 654 valence electrons. The number of phenolic OH excluding ortho intramolecular Hbond substituents is 3. The molecule has 4 amide bonds. The lowest BCUT2D eigenvalue weighted by Crippen LogP contribution is -2.49. The smallest absolute Gasteiger partial charge is 0.319 e. The quantitative estimate of drug-likeness (QED) is 0.0375. The number of nitrogens with zero attached hydrogens (tertiary/aromatic N) is 19. The monoisotopic (exact) mass is 1690 g/mol. The highest BCUT2D eigenvalue weighted by atomic mass is 16.5. The summed E-state index contributed by atoms with van der Waals surface area (Å²) in [6.45, 7) is 30.4. The first-order chi connectivity index (χ1) is 60.2. The maximum absolute atomic E-state index is 14.1. The van der Waals surface area contributed by atoms with Gasteiger partial charge < -0.3 is 88.3 Å². The molecule has 3 aromatic heterocycles. The highest BCUT2D eigenvalue weighted by Crippen LogP contribution is 2.42. The third-order valence-corrected chi connectivity index (χ3v) is 24.5. The van der Waals surface area contributed by atoms with E-state index < -0.39 is 0 Å². The summed E-state index contributed by atoms with van der Waals surface area (Å²) < 4.78 is 18.7. The summed E-state index contributed by atoms with van der Waals surface area (Å²) in [6.07, 6.45) is 15.5. The van der Waals surface area contributed by atoms with Crippen LogP contribution in [0.15, 0.2) is 147 Å². The molecule has 29 nitrogen and oxygen atoms in total. The average Bonchev–Trinajstić information content (AvgIpc) is 0.758. The summed E-state index contributed by atoms with van der Waals surface area (Å²) in [7, 11) is 8.01. The zero-order valence-corrected chi connectivity index (χ0v) is 72.7. The first-order valence-electron chi connectivity index (χ1n) is 44.1. The first kappa shape index (κ1) is 87.0. The predicted octanol–water partition coefficient (Wildman–Crippen LogP) is 10.2. The van der Waals surface area contributed by atoms with Crippen molar-refractivity contribution in [1.82, 2.24) is 64.2 Å². The minimum absolute atomic E-state index is 0.0271. The zero-order valence-electron chi connectivity index (χ0n) is 72.7. The lowest BCUT2D eigenvalue weighted by Gasteiger charge is -2.38. The van der Waals surface area contributed by atoms with Gasteiger partial charge in [0.25, 0.3) is 5.91 Å². The second kappa shape index (κ2) is 40.2. The van der Waals surface area contributed by atoms with Crippen LogP contribution in [0, 0.1) is 0 Å². The van der Waals surface area contributed by atoms with Crippen molar-refractivity contribution < 1.29 is 48.7 Å². The fraction of sp³-hybridized carbons (Fsp3) is 0.453. The van der Waals surface area contributed by atoms with Gasteiger partial charge in [-0.05, 0) is 166 Å². The molecule has 124 heavy (non-hydrogen) atoms. The Morgan fingerprint density at radius 3 is 1.37 bits per heavy atom. The molecule has 0 aliphatic carbocycles. The number of hydrogen-bond acceptors (Lipinski definition) is 25. The van der Waals surface area contributed by atoms with Gasteiger partial charge in [0, 0.05) is 193 Å². The molecule has 0 saturated carbocycles. The maximum atomic E-state index is 14.1. The van der Waals surface area contributed by atoms with E-state index in [1.165, 1.54) is 44.3 Å². The number of piperazine rings is 3. The van der Waals surface area contributed by atoms with E-state index in [4.69, 9.17) is 39.1 Å². The lowest BCUT2D eigenvalue weighted by atomic mass is 10.0. The molecule has 0 radical (unpaired) electrons. The van der Waals surface area contributed by atoms with Crippen LogP contribution in [0.3, 0.4) is 0 Å². The van der Waals surface area contributed by atoms with E-state index in [2.05, 4.69) is 76.4 Å². The van der Waals surface area contributed by atoms with Gasteiger partial charge in [-0.1, -0.05) is 98.5 Å². The Bertz CT molecular complexity index is 5340. The molecule has 5 fully saturated rings. The molecule has 3 N–H and O–H groups in total. The Hall–Kier alpha value is -11.9. The first-order valence-corrected chi connectivity index (χ1v) is 44.1. The molecular weight excluding hydrogens is 1570 g/mol. The Labute approximate surface area is 727 Å². The summed E-state index contributed by atoms with van der Waals surface area (Å²) in [4.78, 5) is 108. The van der Waals surface area contributed by atoms with Crippen LogP contribution in [0.1, 0.15) is 90.9 Å². The number of hydrogen-bond donors (Lipinski definition) is 3. The van der Waals surface area contributed by atoms with Crippen LogP contribution in [-0.4, -0.2) is 301 Å². The normalized spacial score (nSPS) is 17.6. The number of piperidine rings is 1. The van der Waals surface area contributed by atoms with Gasteiger partial charge >= 0.3 is 18.0 Å². The maximum Gasteiger partial charge on any atom is 0.319 e. The van der Waals surface area contributed by atoms with E-state index in [9.17, 15) is 34.5 Å². The van der Waals surface area contributed by atoms with Gasteiger partial charge in [0.1, 0.15) is 52.6 Å². The molecule has 0 spiro atoms. The SMILES string of the molecule is C=CC(=O)N1CCN(c2nc(OCCCN3CCCCC3)nc3c2CCN(c2cc(O)cc4ccccc24)C3=O)CC1.C=CC(=O)N1CCN(c2nc(O[C@H](C)CN3CCCC3)nc3c2CCN(c2cc(O)cc4ccccc24)C3)CC1.C[C@H](CN(C)C)Oc1nc2c(c(N3CCN(C(=O)/C=C/CN(C)C)CC3)n1)CCN(c1cc(O)cc3ccccc13)C2. The van der Waals surface area contributed by atoms with Crippen molar-refractivity contribution in [2.75, 3.05) is 215 Å². The van der Waals surface area contributed by atoms with Crippen molar-refractivity contribution in [2.45, 2.75) is 96.9 Å². The number of amides is 4. The van der Waals surface area contributed by atoms with Crippen LogP contribution in [0.5, 0.6) is 35.3 Å². The number of phenols is 3. The molecule has 9 aromatic rings. The average molecular weight is 1690 g/mol. The second-order valence-electron chi connectivity index (χ2n) is 34.0. The van der Waals surface area contributed by atoms with E-state index in [-0.39, 0.29) is 59.1 Å². The lowest BCUT2D eigenvalue weighted by molar-refractivity contribution is -0.127. The number of likely N-dealkylation sites (N-methyl/N-ethyl adjacent to an activating group) is 2. The third-order valence-electron chi connectivity index (χ3n) is 24.5. The van der Waals surface area contributed by atoms with E-state index in [1.54, 1.807) is 34.1 Å². The number of ether oxygens (including phenoxy) is 3. The molecule has 8 aliphatic rings. The van der Waals surface area contributed by atoms with E-state index >= 15 is 0 Å². The third kappa shape index (κ3) is 20.9. The Morgan fingerprint density at radius 2 is 0.887 bits per heavy atom. The van der Waals surface area contributed by atoms with Crippen molar-refractivity contribution in [1.29, 1.82) is 0 Å². The van der Waals surface area contributed by atoms with E-state index in [1.807, 2.05) is 135 Å². The number of aromatic hydroxyl groups is 3. The summed E-state index contributed by atoms with van der Waals surface area (Å²) in [5.41, 5.74) is 7.95. The van der Waals surface area contributed by atoms with Gasteiger partial charge in [-0.3, -0.25) is 24.1 Å². The Balaban J connectivity index is 0.000000144. The molecular formula is C95H119N19O10. The van der Waals surface area contributed by atoms with Gasteiger partial charge in [-0.2, -0.15) is 29.9 Å². The second-order valence-corrected chi connectivity index (χ2v) is 34.0. The van der Waals surface area contributed by atoms with Crippen LogP contribution in [-0.2, 0) is 46.7 Å². The highest BCUT2D eigenvalue weighted by Gasteiger charge is 2.37. The van der Waals surface area contributed by atoms with Crippen molar-refractivity contribution in [3.8, 4) is 35.3 Å². The standard InChI is InChI=1S/C32H43N7O3.C32H38N6O4.C31H38N6O3/c1-23(21-36(4)5)42-32-33-28-22-39(29-20-25(40)19-24-9-6-7-10-26(24)29)14-12-27(28)31(34-32)38-17-15-37(16-18-38)30(41)11-8-13-35(2)3;1-2-28(40)36-16-18-37(19-17-36)30-26-11-15-38(27-22-24(39)21-23-9-4-5-10-25(23)27)31(41)29(26)33-32(34-30)42-20-8-14-35-12-6-3-7-13-35;1-3-29(39)35-14-16-36(17-15-35)30-26-10-13-37(28-19-24(38)18-23-8-4-5-9-25(23)28)21-27(26)32-31(33-30)40-22(2)20-34-11-6-7-12-34/h6-11,19-20,23,40H,12-18,21-22H2,1-5H3;2,4-5,9-10,21-22,39H,1,3,6-8,11-20H2;3-5,8-9,18-19,22,38H,1,6-7,10-17,20-21H2,2H3/b11-8+;;/t23-;;22-/m1.1/s1. The summed E-state index contributed by atoms with van der Waals surface area (Å²) in [5.74, 6) is 2.84. The van der Waals surface area contributed by atoms with Gasteiger partial charge in [-0.15, -0.1) is 0 Å². The number of benzene rings is 6. The van der Waals surface area contributed by atoms with Crippen LogP contribution >= 0.6 is 0 Å². The zero-order chi connectivity index (χ0) is 86.5. The number of anilines is 6. The molecule has 2 atom stereocenters. The van der Waals surface area contributed by atoms with Crippen LogP contribution < -0.4 is 43.6 Å². The number of carbonyl (C=O) groups is 4. The van der Waals surface area contributed by atoms with E-state index in [0.29, 0.717) is 140 Å². The minimum Gasteiger partial charge on any atom is -0.508 e. The number of aromatic nitrogens is 6. The predicted molar refractivity (Wildman–Crippen MR) is 487 cm³/mol. The largest absolute Gasteiger partial charge is 0.508 e. The van der Waals surface area contributed by atoms with Gasteiger partial charge in [-0.25, -0.2) is 0 Å². The van der Waals surface area contributed by atoms with Crippen molar-refractivity contribution >= 4 is 90.5 Å². The molecule has 5 saturated heterocycles. The Morgan fingerprint density at radius 1 is 0.460 bits per heavy atom. The molecule has 29 heteroatoms. The Kier molecular flexibility index (Phi) is 28.2. The van der Waals surface area contributed by atoms with Gasteiger partial charge in [0.05, 0.1) is 36.8 Å². The van der Waals surface area contributed by atoms with Crippen LogP contribution in [0.25, 0.3) is 32.3 Å². The number of fused-ring (bicyclic) bond motifs is 6. The van der Waals surface area contributed by atoms with Gasteiger partial charge in [0.2, 0.25) is 17.7 Å². The fourth-order valence-corrected chi connectivity index (χ4v) is 18.3. The minimum atomic E-state index is -0.241. The molecule has 17 rings (SSSR count). The highest BCUT2D eigenvalue weighted by molar-refractivity contribution is 6.12. The fourth-order valence-electron chi connectivity index (χ4n) is 18.3. The summed E-state index contributed by atoms with van der Waals surface area (Å²) in [6, 6.07) is 35.6. The molecule has 8 aliphatic heterocycles. The van der Waals surface area contributed by atoms with Crippen molar-refractivity contribution in [2.24, 2.45) is 0 Å². The molecule has 6 aromatic carbocycles. The van der Waals surface area contributed by atoms with Crippen LogP contribution in [0.4, 0.5) is 34.5 Å².